The molecule has 0 aliphatic carbocycles. The van der Waals surface area contributed by atoms with Crippen LogP contribution in [0, 0.1) is 6.92 Å². The van der Waals surface area contributed by atoms with E-state index in [-0.39, 0.29) is 5.63 Å². The third kappa shape index (κ3) is 4.50. The molecule has 3 rings (SSSR count). The number of nitrogens with one attached hydrogen (secondary N) is 1. The van der Waals surface area contributed by atoms with Crippen molar-refractivity contribution >= 4 is 22.6 Å². The average Bonchev–Trinajstić information content (AvgIpc) is 2.60. The van der Waals surface area contributed by atoms with Gasteiger partial charge in [0.2, 0.25) is 0 Å². The van der Waals surface area contributed by atoms with Crippen LogP contribution in [0.5, 0.6) is 0 Å². The van der Waals surface area contributed by atoms with Crippen molar-refractivity contribution in [2.75, 3.05) is 0 Å². The Morgan fingerprint density at radius 3 is 2.68 bits per heavy atom. The monoisotopic (exact) mass is 355 g/mol. The van der Waals surface area contributed by atoms with Crippen molar-refractivity contribution in [1.29, 1.82) is 0 Å². The van der Waals surface area contributed by atoms with Crippen LogP contribution in [-0.4, -0.2) is 6.04 Å². The van der Waals surface area contributed by atoms with Crippen molar-refractivity contribution in [2.24, 2.45) is 0 Å². The Labute approximate surface area is 152 Å². The molecule has 0 saturated carbocycles. The maximum Gasteiger partial charge on any atom is 0.336 e. The zero-order valence-electron chi connectivity index (χ0n) is 14.5. The zero-order chi connectivity index (χ0) is 17.8. The van der Waals surface area contributed by atoms with E-state index < -0.39 is 0 Å². The SMILES string of the molecule is Cc1cc2oc(=O)cc(CN[C@@H](C)CCc3ccccc3)c2cc1Cl. The first-order valence-electron chi connectivity index (χ1n) is 8.53. The van der Waals surface area contributed by atoms with Crippen LogP contribution >= 0.6 is 11.6 Å². The summed E-state index contributed by atoms with van der Waals surface area (Å²) in [6.45, 7) is 4.67. The van der Waals surface area contributed by atoms with Crippen molar-refractivity contribution in [3.05, 3.63) is 80.7 Å². The standard InChI is InChI=1S/C21H22ClNO2/c1-14-10-20-18(12-19(14)22)17(11-21(24)25-20)13-23-15(2)8-9-16-6-4-3-5-7-16/h3-7,10-12,15,23H,8-9,13H2,1-2H3/t15-/m0/s1. The van der Waals surface area contributed by atoms with Crippen LogP contribution in [0.2, 0.25) is 5.02 Å². The van der Waals surface area contributed by atoms with Crippen LogP contribution in [0.4, 0.5) is 0 Å². The molecule has 0 aliphatic rings. The molecule has 1 heterocycles. The van der Waals surface area contributed by atoms with Gasteiger partial charge < -0.3 is 9.73 Å². The number of halogens is 1. The first kappa shape index (κ1) is 17.7. The maximum atomic E-state index is 11.8. The quantitative estimate of drug-likeness (QED) is 0.642. The van der Waals surface area contributed by atoms with Crippen molar-refractivity contribution in [2.45, 2.75) is 39.3 Å². The highest BCUT2D eigenvalue weighted by molar-refractivity contribution is 6.32. The fourth-order valence-electron chi connectivity index (χ4n) is 2.91. The highest BCUT2D eigenvalue weighted by Gasteiger charge is 2.10. The second-order valence-corrected chi connectivity index (χ2v) is 6.90. The third-order valence-electron chi connectivity index (χ3n) is 4.46. The van der Waals surface area contributed by atoms with Crippen LogP contribution in [0.3, 0.4) is 0 Å². The average molecular weight is 356 g/mol. The molecule has 0 unspecified atom stereocenters. The van der Waals surface area contributed by atoms with Crippen molar-refractivity contribution < 1.29 is 4.42 Å². The summed E-state index contributed by atoms with van der Waals surface area (Å²) in [7, 11) is 0. The van der Waals surface area contributed by atoms with Gasteiger partial charge in [0.05, 0.1) is 0 Å². The number of hydrogen-bond donors (Lipinski definition) is 1. The molecule has 0 aliphatic heterocycles. The van der Waals surface area contributed by atoms with Gasteiger partial charge in [-0.3, -0.25) is 0 Å². The fourth-order valence-corrected chi connectivity index (χ4v) is 3.07. The Kier molecular flexibility index (Phi) is 5.57. The van der Waals surface area contributed by atoms with E-state index in [4.69, 9.17) is 16.0 Å². The second-order valence-electron chi connectivity index (χ2n) is 6.49. The van der Waals surface area contributed by atoms with E-state index in [1.165, 1.54) is 5.56 Å². The van der Waals surface area contributed by atoms with Gasteiger partial charge >= 0.3 is 5.63 Å². The van der Waals surface area contributed by atoms with Crippen LogP contribution in [0.25, 0.3) is 11.0 Å². The lowest BCUT2D eigenvalue weighted by molar-refractivity contribution is 0.510. The highest BCUT2D eigenvalue weighted by Crippen LogP contribution is 2.25. The maximum absolute atomic E-state index is 11.8. The number of hydrogen-bond acceptors (Lipinski definition) is 3. The zero-order valence-corrected chi connectivity index (χ0v) is 15.3. The largest absolute Gasteiger partial charge is 0.423 e. The van der Waals surface area contributed by atoms with E-state index in [2.05, 4.69) is 36.5 Å². The third-order valence-corrected chi connectivity index (χ3v) is 4.87. The Hall–Kier alpha value is -2.10. The van der Waals surface area contributed by atoms with E-state index in [0.29, 0.717) is 23.2 Å². The number of aryl methyl sites for hydroxylation is 2. The van der Waals surface area contributed by atoms with Crippen LogP contribution in [0.1, 0.15) is 30.0 Å². The van der Waals surface area contributed by atoms with Gasteiger partial charge in [-0.05, 0) is 55.5 Å². The topological polar surface area (TPSA) is 42.2 Å². The van der Waals surface area contributed by atoms with Gasteiger partial charge in [-0.2, -0.15) is 0 Å². The molecule has 1 atom stereocenters. The molecule has 0 spiro atoms. The van der Waals surface area contributed by atoms with E-state index in [0.717, 1.165) is 29.4 Å². The molecule has 3 aromatic rings. The predicted molar refractivity (Wildman–Crippen MR) is 103 cm³/mol. The molecular weight excluding hydrogens is 334 g/mol. The van der Waals surface area contributed by atoms with Gasteiger partial charge in [0.15, 0.2) is 0 Å². The van der Waals surface area contributed by atoms with Crippen molar-refractivity contribution in [1.82, 2.24) is 5.32 Å². The molecule has 2 aromatic carbocycles. The summed E-state index contributed by atoms with van der Waals surface area (Å²) in [6.07, 6.45) is 2.06. The second kappa shape index (κ2) is 7.85. The molecule has 0 saturated heterocycles. The summed E-state index contributed by atoms with van der Waals surface area (Å²) in [5, 5.41) is 5.07. The minimum atomic E-state index is -0.331. The molecule has 130 valence electrons. The van der Waals surface area contributed by atoms with E-state index in [1.807, 2.05) is 25.1 Å². The van der Waals surface area contributed by atoms with E-state index in [9.17, 15) is 4.79 Å². The first-order chi connectivity index (χ1) is 12.0. The van der Waals surface area contributed by atoms with Crippen LogP contribution < -0.4 is 10.9 Å². The van der Waals surface area contributed by atoms with Gasteiger partial charge in [-0.15, -0.1) is 0 Å². The van der Waals surface area contributed by atoms with Gasteiger partial charge in [0.25, 0.3) is 0 Å². The van der Waals surface area contributed by atoms with Gasteiger partial charge in [0.1, 0.15) is 5.58 Å². The molecule has 3 nitrogen and oxygen atoms in total. The molecule has 25 heavy (non-hydrogen) atoms. The number of fused-ring (bicyclic) bond motifs is 1. The summed E-state index contributed by atoms with van der Waals surface area (Å²) in [6, 6.07) is 16.0. The van der Waals surface area contributed by atoms with E-state index >= 15 is 0 Å². The molecule has 1 aromatic heterocycles. The molecule has 0 amide bonds. The lowest BCUT2D eigenvalue weighted by Crippen LogP contribution is -2.26. The van der Waals surface area contributed by atoms with Crippen molar-refractivity contribution in [3.63, 3.8) is 0 Å². The lowest BCUT2D eigenvalue weighted by Gasteiger charge is -2.15. The molecule has 1 N–H and O–H groups in total. The smallest absolute Gasteiger partial charge is 0.336 e. The van der Waals surface area contributed by atoms with Crippen LogP contribution in [0.15, 0.2) is 57.7 Å². The molecule has 0 radical (unpaired) electrons. The minimum absolute atomic E-state index is 0.331. The van der Waals surface area contributed by atoms with Gasteiger partial charge in [-0.25, -0.2) is 4.79 Å². The summed E-state index contributed by atoms with van der Waals surface area (Å²) in [5.74, 6) is 0. The van der Waals surface area contributed by atoms with Crippen LogP contribution in [-0.2, 0) is 13.0 Å². The number of rotatable bonds is 6. The van der Waals surface area contributed by atoms with Gasteiger partial charge in [0, 0.05) is 29.1 Å². The molecular formula is C21H22ClNO2. The van der Waals surface area contributed by atoms with E-state index in [1.54, 1.807) is 6.07 Å². The molecule has 4 heteroatoms. The molecule has 0 bridgehead atoms. The first-order valence-corrected chi connectivity index (χ1v) is 8.91. The fraction of sp³-hybridized carbons (Fsp3) is 0.286. The minimum Gasteiger partial charge on any atom is -0.423 e. The summed E-state index contributed by atoms with van der Waals surface area (Å²) in [4.78, 5) is 11.8. The number of benzene rings is 2. The lowest BCUT2D eigenvalue weighted by atomic mass is 10.0. The Balaban J connectivity index is 1.70. The summed E-state index contributed by atoms with van der Waals surface area (Å²) >= 11 is 6.24. The summed E-state index contributed by atoms with van der Waals surface area (Å²) in [5.41, 5.74) is 3.41. The predicted octanol–water partition coefficient (Wildman–Crippen LogP) is 4.87. The Morgan fingerprint density at radius 1 is 1.16 bits per heavy atom. The normalized spacial score (nSPS) is 12.4. The summed E-state index contributed by atoms with van der Waals surface area (Å²) < 4.78 is 5.31. The highest BCUT2D eigenvalue weighted by atomic mass is 35.5. The van der Waals surface area contributed by atoms with Crippen molar-refractivity contribution in [3.8, 4) is 0 Å². The Morgan fingerprint density at radius 2 is 1.92 bits per heavy atom. The molecule has 0 fully saturated rings. The van der Waals surface area contributed by atoms with Gasteiger partial charge in [-0.1, -0.05) is 41.9 Å². The Bertz CT molecular complexity index is 918.